The number of nitrogens with zero attached hydrogens (tertiary/aromatic N) is 3. The highest BCUT2D eigenvalue weighted by atomic mass is 19.1. The molecule has 3 heterocycles. The summed E-state index contributed by atoms with van der Waals surface area (Å²) in [4.78, 5) is 9.01. The number of piperidine rings is 1. The Bertz CT molecular complexity index is 859. The van der Waals surface area contributed by atoms with Gasteiger partial charge >= 0.3 is 0 Å². The van der Waals surface area contributed by atoms with Crippen LogP contribution in [0.5, 0.6) is 5.75 Å². The molecule has 29 heavy (non-hydrogen) atoms. The van der Waals surface area contributed by atoms with Crippen LogP contribution in [0.3, 0.4) is 0 Å². The summed E-state index contributed by atoms with van der Waals surface area (Å²) < 4.78 is 19.0. The van der Waals surface area contributed by atoms with Gasteiger partial charge in [-0.2, -0.15) is 0 Å². The Morgan fingerprint density at radius 3 is 2.66 bits per heavy atom. The molecule has 1 spiro atoms. The van der Waals surface area contributed by atoms with E-state index in [0.717, 1.165) is 24.5 Å². The van der Waals surface area contributed by atoms with Gasteiger partial charge in [0.05, 0.1) is 25.2 Å². The maximum atomic E-state index is 13.5. The number of rotatable bonds is 4. The number of anilines is 1. The van der Waals surface area contributed by atoms with Crippen LogP contribution in [0.1, 0.15) is 43.6 Å². The summed E-state index contributed by atoms with van der Waals surface area (Å²) in [5.41, 5.74) is 2.73. The molecule has 3 fully saturated rings. The monoisotopic (exact) mass is 395 g/mol. The highest BCUT2D eigenvalue weighted by Gasteiger charge is 2.49. The molecule has 2 aliphatic heterocycles. The Labute approximate surface area is 172 Å². The Morgan fingerprint density at radius 2 is 1.90 bits per heavy atom. The van der Waals surface area contributed by atoms with Crippen LogP contribution in [-0.2, 0) is 0 Å². The van der Waals surface area contributed by atoms with Gasteiger partial charge in [0.25, 0.3) is 0 Å². The maximum Gasteiger partial charge on any atom is 0.143 e. The van der Waals surface area contributed by atoms with Gasteiger partial charge < -0.3 is 14.5 Å². The zero-order valence-corrected chi connectivity index (χ0v) is 17.2. The highest BCUT2D eigenvalue weighted by molar-refractivity contribution is 5.48. The molecule has 0 amide bonds. The quantitative estimate of drug-likeness (QED) is 0.764. The van der Waals surface area contributed by atoms with Crippen LogP contribution >= 0.6 is 0 Å². The molecule has 0 unspecified atom stereocenters. The van der Waals surface area contributed by atoms with E-state index in [2.05, 4.69) is 39.0 Å². The molecule has 1 saturated carbocycles. The smallest absolute Gasteiger partial charge is 0.143 e. The number of ether oxygens (including phenoxy) is 1. The normalized spacial score (nSPS) is 24.6. The lowest BCUT2D eigenvalue weighted by atomic mass is 9.77. The number of hydrogen-bond donors (Lipinski definition) is 0. The van der Waals surface area contributed by atoms with E-state index in [1.54, 1.807) is 19.4 Å². The third-order valence-electron chi connectivity index (χ3n) is 7.41. The number of halogens is 1. The van der Waals surface area contributed by atoms with Crippen LogP contribution in [0.4, 0.5) is 10.1 Å². The number of pyridine rings is 1. The zero-order valence-electron chi connectivity index (χ0n) is 17.2. The zero-order chi connectivity index (χ0) is 19.8. The van der Waals surface area contributed by atoms with Gasteiger partial charge in [-0.3, -0.25) is 4.98 Å². The third kappa shape index (κ3) is 3.61. The lowest BCUT2D eigenvalue weighted by molar-refractivity contribution is 0.131. The first-order chi connectivity index (χ1) is 14.2. The van der Waals surface area contributed by atoms with E-state index in [-0.39, 0.29) is 5.82 Å². The van der Waals surface area contributed by atoms with Crippen molar-refractivity contribution in [2.75, 3.05) is 38.2 Å². The fourth-order valence-corrected chi connectivity index (χ4v) is 5.87. The fraction of sp³-hybridized carbons (Fsp3) is 0.542. The van der Waals surface area contributed by atoms with Crippen molar-refractivity contribution in [1.29, 1.82) is 0 Å². The summed E-state index contributed by atoms with van der Waals surface area (Å²) in [5, 5.41) is 0. The topological polar surface area (TPSA) is 28.6 Å². The van der Waals surface area contributed by atoms with E-state index in [9.17, 15) is 4.39 Å². The first-order valence-corrected chi connectivity index (χ1v) is 10.9. The predicted octanol–water partition coefficient (Wildman–Crippen LogP) is 4.47. The Balaban J connectivity index is 1.15. The van der Waals surface area contributed by atoms with Gasteiger partial charge in [0.2, 0.25) is 0 Å². The van der Waals surface area contributed by atoms with Gasteiger partial charge in [0, 0.05) is 30.6 Å². The summed E-state index contributed by atoms with van der Waals surface area (Å²) in [6, 6.07) is 10.8. The van der Waals surface area contributed by atoms with E-state index in [4.69, 9.17) is 4.74 Å². The molecule has 4 nitrogen and oxygen atoms in total. The molecule has 1 aromatic carbocycles. The number of methoxy groups -OCH3 is 1. The SMILES string of the molecule is COc1ccccc1C1CCN([C@@H]2CCC3(C2)CN(c2cncc(F)c2)C3)CC1. The number of benzene rings is 1. The van der Waals surface area contributed by atoms with Gasteiger partial charge in [-0.25, -0.2) is 4.39 Å². The molecular formula is C24H30FN3O. The van der Waals surface area contributed by atoms with Crippen LogP contribution in [0.25, 0.3) is 0 Å². The molecular weight excluding hydrogens is 365 g/mol. The first kappa shape index (κ1) is 18.9. The second-order valence-electron chi connectivity index (χ2n) is 9.17. The van der Waals surface area contributed by atoms with E-state index in [1.807, 2.05) is 0 Å². The summed E-state index contributed by atoms with van der Waals surface area (Å²) >= 11 is 0. The molecule has 2 saturated heterocycles. The van der Waals surface area contributed by atoms with E-state index in [1.165, 1.54) is 57.0 Å². The van der Waals surface area contributed by atoms with Gasteiger partial charge in [-0.15, -0.1) is 0 Å². The van der Waals surface area contributed by atoms with Gasteiger partial charge in [0.1, 0.15) is 11.6 Å². The Kier molecular flexibility index (Phi) is 4.94. The first-order valence-electron chi connectivity index (χ1n) is 10.9. The van der Waals surface area contributed by atoms with Crippen molar-refractivity contribution in [3.63, 3.8) is 0 Å². The van der Waals surface area contributed by atoms with Gasteiger partial charge in [-0.05, 0) is 62.7 Å². The Morgan fingerprint density at radius 1 is 1.10 bits per heavy atom. The third-order valence-corrected chi connectivity index (χ3v) is 7.41. The predicted molar refractivity (Wildman–Crippen MR) is 113 cm³/mol. The summed E-state index contributed by atoms with van der Waals surface area (Å²) in [6.07, 6.45) is 9.36. The molecule has 3 aliphatic rings. The lowest BCUT2D eigenvalue weighted by Gasteiger charge is -2.50. The minimum absolute atomic E-state index is 0.245. The van der Waals surface area contributed by atoms with Crippen LogP contribution in [0.15, 0.2) is 42.7 Å². The molecule has 5 heteroatoms. The van der Waals surface area contributed by atoms with E-state index < -0.39 is 0 Å². The number of hydrogen-bond acceptors (Lipinski definition) is 4. The van der Waals surface area contributed by atoms with E-state index in [0.29, 0.717) is 17.4 Å². The molecule has 0 bridgehead atoms. The van der Waals surface area contributed by atoms with Crippen LogP contribution in [0, 0.1) is 11.2 Å². The Hall–Kier alpha value is -2.14. The number of likely N-dealkylation sites (tertiary alicyclic amines) is 1. The second-order valence-corrected chi connectivity index (χ2v) is 9.17. The van der Waals surface area contributed by atoms with Crippen LogP contribution in [-0.4, -0.2) is 49.2 Å². The van der Waals surface area contributed by atoms with Crippen molar-refractivity contribution in [3.05, 3.63) is 54.1 Å². The maximum absolute atomic E-state index is 13.5. The standard InChI is InChI=1S/C24H30FN3O/c1-29-23-5-3-2-4-22(23)18-7-10-27(11-8-18)20-6-9-24(13-20)16-28(17-24)21-12-19(25)14-26-15-21/h2-5,12,14-15,18,20H,6-11,13,16-17H2,1H3/t20-/m1/s1. The van der Waals surface area contributed by atoms with Crippen molar-refractivity contribution < 1.29 is 9.13 Å². The average molecular weight is 396 g/mol. The minimum Gasteiger partial charge on any atom is -0.496 e. The van der Waals surface area contributed by atoms with Crippen molar-refractivity contribution in [2.45, 2.75) is 44.1 Å². The van der Waals surface area contributed by atoms with Crippen molar-refractivity contribution in [3.8, 4) is 5.75 Å². The summed E-state index contributed by atoms with van der Waals surface area (Å²) in [6.45, 7) is 4.46. The summed E-state index contributed by atoms with van der Waals surface area (Å²) in [5.74, 6) is 1.40. The number of aromatic nitrogens is 1. The molecule has 0 radical (unpaired) electrons. The molecule has 0 N–H and O–H groups in total. The van der Waals surface area contributed by atoms with Crippen molar-refractivity contribution >= 4 is 5.69 Å². The second kappa shape index (κ2) is 7.60. The average Bonchev–Trinajstić information content (AvgIpc) is 3.19. The summed E-state index contributed by atoms with van der Waals surface area (Å²) in [7, 11) is 1.77. The van der Waals surface area contributed by atoms with E-state index >= 15 is 0 Å². The molecule has 1 aliphatic carbocycles. The highest BCUT2D eigenvalue weighted by Crippen LogP contribution is 2.49. The largest absolute Gasteiger partial charge is 0.496 e. The molecule has 5 rings (SSSR count). The lowest BCUT2D eigenvalue weighted by Crippen LogP contribution is -2.56. The van der Waals surface area contributed by atoms with Crippen LogP contribution < -0.4 is 9.64 Å². The van der Waals surface area contributed by atoms with Crippen LogP contribution in [0.2, 0.25) is 0 Å². The number of para-hydroxylation sites is 1. The molecule has 154 valence electrons. The minimum atomic E-state index is -0.245. The molecule has 1 aromatic heterocycles. The van der Waals surface area contributed by atoms with Crippen molar-refractivity contribution in [1.82, 2.24) is 9.88 Å². The van der Waals surface area contributed by atoms with Gasteiger partial charge in [-0.1, -0.05) is 18.2 Å². The van der Waals surface area contributed by atoms with Gasteiger partial charge in [0.15, 0.2) is 0 Å². The fourth-order valence-electron chi connectivity index (χ4n) is 5.87. The molecule has 1 atom stereocenters. The van der Waals surface area contributed by atoms with Crippen molar-refractivity contribution in [2.24, 2.45) is 5.41 Å². The molecule has 2 aromatic rings.